The Balaban J connectivity index is 1.45. The molecule has 0 unspecified atom stereocenters. The number of hydrogen-bond donors (Lipinski definition) is 1. The number of aryl methyl sites for hydroxylation is 2. The van der Waals surface area contributed by atoms with Gasteiger partial charge in [0.25, 0.3) is 0 Å². The van der Waals surface area contributed by atoms with Gasteiger partial charge < -0.3 is 14.6 Å². The van der Waals surface area contributed by atoms with Crippen molar-refractivity contribution in [3.63, 3.8) is 0 Å². The number of aromatic nitrogens is 2. The van der Waals surface area contributed by atoms with Crippen LogP contribution in [-0.4, -0.2) is 59.8 Å². The van der Waals surface area contributed by atoms with Crippen LogP contribution in [-0.2, 0) is 22.5 Å². The first-order valence-electron chi connectivity index (χ1n) is 11.0. The highest BCUT2D eigenvalue weighted by molar-refractivity contribution is 6.42. The van der Waals surface area contributed by atoms with Crippen molar-refractivity contribution in [1.29, 1.82) is 0 Å². The van der Waals surface area contributed by atoms with Crippen molar-refractivity contribution in [2.75, 3.05) is 39.4 Å². The van der Waals surface area contributed by atoms with E-state index in [1.54, 1.807) is 6.07 Å². The van der Waals surface area contributed by atoms with Crippen LogP contribution in [0.25, 0.3) is 11.0 Å². The Morgan fingerprint density at radius 2 is 1.91 bits per heavy atom. The second-order valence-corrected chi connectivity index (χ2v) is 8.97. The lowest BCUT2D eigenvalue weighted by atomic mass is 10.1. The molecule has 1 aliphatic rings. The predicted molar refractivity (Wildman–Crippen MR) is 129 cm³/mol. The van der Waals surface area contributed by atoms with Gasteiger partial charge in [-0.25, -0.2) is 4.98 Å². The number of carbonyl (C=O) groups excluding carboxylic acids is 1. The molecule has 8 heteroatoms. The molecule has 0 bridgehead atoms. The zero-order valence-corrected chi connectivity index (χ0v) is 19.8. The Kier molecular flexibility index (Phi) is 7.68. The normalized spacial score (nSPS) is 14.7. The molecule has 2 heterocycles. The second kappa shape index (κ2) is 10.7. The zero-order chi connectivity index (χ0) is 22.5. The topological polar surface area (TPSA) is 59.4 Å². The average Bonchev–Trinajstić information content (AvgIpc) is 3.09. The summed E-state index contributed by atoms with van der Waals surface area (Å²) in [5.41, 5.74) is 4.06. The summed E-state index contributed by atoms with van der Waals surface area (Å²) in [6.45, 7) is 7.45. The van der Waals surface area contributed by atoms with E-state index in [9.17, 15) is 4.79 Å². The van der Waals surface area contributed by atoms with E-state index in [4.69, 9.17) is 32.9 Å². The van der Waals surface area contributed by atoms with E-state index in [1.807, 2.05) is 12.1 Å². The summed E-state index contributed by atoms with van der Waals surface area (Å²) in [4.78, 5) is 19.6. The van der Waals surface area contributed by atoms with Crippen LogP contribution < -0.4 is 5.32 Å². The molecule has 2 aromatic carbocycles. The van der Waals surface area contributed by atoms with Crippen LogP contribution in [0.4, 0.5) is 0 Å². The predicted octanol–water partition coefficient (Wildman–Crippen LogP) is 4.08. The maximum Gasteiger partial charge on any atom is 0.221 e. The number of morpholine rings is 1. The third-order valence-electron chi connectivity index (χ3n) is 5.73. The molecule has 1 saturated heterocycles. The maximum absolute atomic E-state index is 12.5. The highest BCUT2D eigenvalue weighted by Gasteiger charge is 2.15. The first-order valence-corrected chi connectivity index (χ1v) is 11.7. The van der Waals surface area contributed by atoms with Crippen molar-refractivity contribution in [1.82, 2.24) is 19.8 Å². The molecule has 1 aromatic heterocycles. The molecule has 1 N–H and O–H groups in total. The van der Waals surface area contributed by atoms with Crippen LogP contribution in [0.5, 0.6) is 0 Å². The first kappa shape index (κ1) is 23.1. The zero-order valence-electron chi connectivity index (χ0n) is 18.2. The summed E-state index contributed by atoms with van der Waals surface area (Å²) in [5, 5.41) is 4.00. The van der Waals surface area contributed by atoms with Crippen molar-refractivity contribution in [3.8, 4) is 0 Å². The van der Waals surface area contributed by atoms with Crippen molar-refractivity contribution >= 4 is 40.1 Å². The van der Waals surface area contributed by atoms with Crippen molar-refractivity contribution in [3.05, 3.63) is 63.4 Å². The number of nitrogens with one attached hydrogen (secondary N) is 1. The first-order chi connectivity index (χ1) is 15.5. The Bertz CT molecular complexity index is 1090. The van der Waals surface area contributed by atoms with Gasteiger partial charge in [-0.05, 0) is 24.6 Å². The number of hydrogen-bond acceptors (Lipinski definition) is 4. The lowest BCUT2D eigenvalue weighted by Crippen LogP contribution is -2.41. The number of nitrogens with zero attached hydrogens (tertiary/aromatic N) is 3. The Morgan fingerprint density at radius 3 is 2.69 bits per heavy atom. The van der Waals surface area contributed by atoms with Gasteiger partial charge >= 0.3 is 0 Å². The number of fused-ring (bicyclic) bond motifs is 1. The van der Waals surface area contributed by atoms with Gasteiger partial charge in [0.1, 0.15) is 5.82 Å². The Morgan fingerprint density at radius 1 is 1.12 bits per heavy atom. The molecule has 6 nitrogen and oxygen atoms in total. The van der Waals surface area contributed by atoms with Crippen LogP contribution in [0.3, 0.4) is 0 Å². The molecule has 1 amide bonds. The van der Waals surface area contributed by atoms with Crippen LogP contribution in [0, 0.1) is 6.92 Å². The molecule has 0 atom stereocenters. The van der Waals surface area contributed by atoms with Crippen LogP contribution in [0.2, 0.25) is 10.0 Å². The molecule has 0 radical (unpaired) electrons. The van der Waals surface area contributed by atoms with Crippen LogP contribution in [0.1, 0.15) is 23.4 Å². The fourth-order valence-electron chi connectivity index (χ4n) is 4.04. The highest BCUT2D eigenvalue weighted by Crippen LogP contribution is 2.29. The summed E-state index contributed by atoms with van der Waals surface area (Å²) >= 11 is 12.5. The quantitative estimate of drug-likeness (QED) is 0.534. The molecule has 0 spiro atoms. The largest absolute Gasteiger partial charge is 0.379 e. The molecule has 1 aliphatic heterocycles. The molecule has 0 saturated carbocycles. The number of halogens is 2. The second-order valence-electron chi connectivity index (χ2n) is 8.15. The van der Waals surface area contributed by atoms with Crippen molar-refractivity contribution in [2.45, 2.75) is 26.3 Å². The highest BCUT2D eigenvalue weighted by atomic mass is 35.5. The number of imidazole rings is 1. The fraction of sp³-hybridized carbons (Fsp3) is 0.417. The molecule has 170 valence electrons. The summed E-state index contributed by atoms with van der Waals surface area (Å²) in [5.74, 6) is 0.923. The third-order valence-corrected chi connectivity index (χ3v) is 6.45. The van der Waals surface area contributed by atoms with Gasteiger partial charge in [-0.15, -0.1) is 0 Å². The molecule has 4 rings (SSSR count). The van der Waals surface area contributed by atoms with Gasteiger partial charge in [-0.3, -0.25) is 9.69 Å². The fourth-order valence-corrected chi connectivity index (χ4v) is 4.35. The number of carbonyl (C=O) groups is 1. The summed E-state index contributed by atoms with van der Waals surface area (Å²) in [6.07, 6.45) is 1.04. The lowest BCUT2D eigenvalue weighted by Gasteiger charge is -2.26. The summed E-state index contributed by atoms with van der Waals surface area (Å²) in [6, 6.07) is 12.0. The van der Waals surface area contributed by atoms with E-state index in [-0.39, 0.29) is 5.91 Å². The van der Waals surface area contributed by atoms with Gasteiger partial charge in [0, 0.05) is 45.6 Å². The van der Waals surface area contributed by atoms with Crippen LogP contribution in [0.15, 0.2) is 36.4 Å². The number of amides is 1. The average molecular weight is 475 g/mol. The number of ether oxygens (including phenoxy) is 1. The minimum absolute atomic E-state index is 0.0293. The minimum atomic E-state index is 0.0293. The van der Waals surface area contributed by atoms with Gasteiger partial charge in [0.2, 0.25) is 5.91 Å². The lowest BCUT2D eigenvalue weighted by molar-refractivity contribution is -0.121. The summed E-state index contributed by atoms with van der Waals surface area (Å²) in [7, 11) is 0. The van der Waals surface area contributed by atoms with E-state index in [0.29, 0.717) is 36.0 Å². The standard InChI is InChI=1S/C24H28Cl2N4O2/c1-17-3-2-4-18(13-17)14-23-28-21-15-19(25)20(26)16-22(21)30(23)7-5-24(31)27-6-8-29-9-11-32-12-10-29/h2-4,13,15-16H,5-12,14H2,1H3,(H,27,31). The molecule has 32 heavy (non-hydrogen) atoms. The van der Waals surface area contributed by atoms with E-state index in [0.717, 1.165) is 49.7 Å². The van der Waals surface area contributed by atoms with Crippen molar-refractivity contribution < 1.29 is 9.53 Å². The van der Waals surface area contributed by atoms with Gasteiger partial charge in [0.05, 0.1) is 34.3 Å². The Labute approximate surface area is 198 Å². The monoisotopic (exact) mass is 474 g/mol. The molecule has 0 aliphatic carbocycles. The minimum Gasteiger partial charge on any atom is -0.379 e. The molecular formula is C24H28Cl2N4O2. The van der Waals surface area contributed by atoms with Crippen LogP contribution >= 0.6 is 23.2 Å². The summed E-state index contributed by atoms with van der Waals surface area (Å²) < 4.78 is 7.45. The van der Waals surface area contributed by atoms with E-state index >= 15 is 0 Å². The number of benzene rings is 2. The third kappa shape index (κ3) is 5.81. The van der Waals surface area contributed by atoms with Gasteiger partial charge in [-0.1, -0.05) is 53.0 Å². The Hall–Kier alpha value is -2.12. The molecule has 3 aromatic rings. The van der Waals surface area contributed by atoms with Crippen molar-refractivity contribution in [2.24, 2.45) is 0 Å². The smallest absolute Gasteiger partial charge is 0.221 e. The van der Waals surface area contributed by atoms with Gasteiger partial charge in [0.15, 0.2) is 0 Å². The van der Waals surface area contributed by atoms with E-state index < -0.39 is 0 Å². The van der Waals surface area contributed by atoms with E-state index in [1.165, 1.54) is 11.1 Å². The van der Waals surface area contributed by atoms with E-state index in [2.05, 4.69) is 39.9 Å². The maximum atomic E-state index is 12.5. The molecular weight excluding hydrogens is 447 g/mol. The number of rotatable bonds is 8. The van der Waals surface area contributed by atoms with Gasteiger partial charge in [-0.2, -0.15) is 0 Å². The molecule has 1 fully saturated rings. The SMILES string of the molecule is Cc1cccc(Cc2nc3cc(Cl)c(Cl)cc3n2CCC(=O)NCCN2CCOCC2)c1.